The van der Waals surface area contributed by atoms with Crippen molar-refractivity contribution in [3.8, 4) is 0 Å². The van der Waals surface area contributed by atoms with E-state index in [4.69, 9.17) is 10.5 Å². The topological polar surface area (TPSA) is 84.6 Å². The Labute approximate surface area is 112 Å². The Hall–Kier alpha value is -1.59. The van der Waals surface area contributed by atoms with Gasteiger partial charge in [-0.1, -0.05) is 18.2 Å². The van der Waals surface area contributed by atoms with Gasteiger partial charge in [0.15, 0.2) is 0 Å². The Morgan fingerprint density at radius 3 is 2.68 bits per heavy atom. The fraction of sp³-hybridized carbons (Fsp3) is 0.500. The first-order chi connectivity index (χ1) is 9.15. The van der Waals surface area contributed by atoms with E-state index >= 15 is 0 Å². The van der Waals surface area contributed by atoms with Gasteiger partial charge in [0.1, 0.15) is 0 Å². The van der Waals surface area contributed by atoms with Crippen molar-refractivity contribution in [3.05, 3.63) is 29.8 Å². The molecule has 0 bridgehead atoms. The Morgan fingerprint density at radius 1 is 1.37 bits per heavy atom. The van der Waals surface area contributed by atoms with Crippen LogP contribution in [0.4, 0.5) is 5.69 Å². The van der Waals surface area contributed by atoms with Crippen LogP contribution < -0.4 is 11.1 Å². The van der Waals surface area contributed by atoms with Crippen LogP contribution in [0.15, 0.2) is 24.3 Å². The molecule has 5 nitrogen and oxygen atoms in total. The number of nitrogen functional groups attached to an aromatic ring is 1. The quantitative estimate of drug-likeness (QED) is 0.690. The molecule has 0 aliphatic carbocycles. The number of benzene rings is 1. The molecule has 1 saturated heterocycles. The zero-order chi connectivity index (χ0) is 13.7. The average Bonchev–Trinajstić information content (AvgIpc) is 2.42. The molecule has 0 spiro atoms. The fourth-order valence-electron chi connectivity index (χ4n) is 2.29. The third-order valence-electron chi connectivity index (χ3n) is 3.56. The number of carbonyl (C=O) groups is 1. The maximum atomic E-state index is 12.1. The number of rotatable bonds is 4. The first kappa shape index (κ1) is 13.8. The lowest BCUT2D eigenvalue weighted by molar-refractivity contribution is -0.124. The molecule has 0 atom stereocenters. The molecule has 1 aromatic carbocycles. The van der Waals surface area contributed by atoms with Gasteiger partial charge in [0.2, 0.25) is 5.91 Å². The maximum absolute atomic E-state index is 12.1. The summed E-state index contributed by atoms with van der Waals surface area (Å²) in [5, 5.41) is 12.4. The van der Waals surface area contributed by atoms with E-state index in [2.05, 4.69) is 5.32 Å². The van der Waals surface area contributed by atoms with Crippen LogP contribution in [0.2, 0.25) is 0 Å². The Bertz CT molecular complexity index is 442. The van der Waals surface area contributed by atoms with E-state index < -0.39 is 5.54 Å². The number of amides is 1. The van der Waals surface area contributed by atoms with Crippen molar-refractivity contribution >= 4 is 11.6 Å². The van der Waals surface area contributed by atoms with Gasteiger partial charge < -0.3 is 20.9 Å². The van der Waals surface area contributed by atoms with Crippen LogP contribution in [-0.4, -0.2) is 36.4 Å². The van der Waals surface area contributed by atoms with E-state index in [1.807, 2.05) is 18.2 Å². The number of anilines is 1. The van der Waals surface area contributed by atoms with Gasteiger partial charge >= 0.3 is 0 Å². The number of nitrogens with two attached hydrogens (primary N) is 1. The summed E-state index contributed by atoms with van der Waals surface area (Å²) in [6, 6.07) is 7.31. The van der Waals surface area contributed by atoms with E-state index in [1.54, 1.807) is 6.07 Å². The van der Waals surface area contributed by atoms with Crippen molar-refractivity contribution in [1.82, 2.24) is 5.32 Å². The number of aliphatic hydroxyl groups excluding tert-OH is 1. The molecule has 0 aromatic heterocycles. The normalized spacial score (nSPS) is 17.9. The summed E-state index contributed by atoms with van der Waals surface area (Å²) in [7, 11) is 0. The molecule has 5 heteroatoms. The molecule has 4 N–H and O–H groups in total. The van der Waals surface area contributed by atoms with Crippen LogP contribution in [0, 0.1) is 0 Å². The zero-order valence-electron chi connectivity index (χ0n) is 10.9. The molecule has 1 aliphatic heterocycles. The Morgan fingerprint density at radius 2 is 2.05 bits per heavy atom. The van der Waals surface area contributed by atoms with Gasteiger partial charge in [0.25, 0.3) is 0 Å². The van der Waals surface area contributed by atoms with Gasteiger partial charge in [0, 0.05) is 18.9 Å². The largest absolute Gasteiger partial charge is 0.398 e. The molecule has 0 unspecified atom stereocenters. The Kier molecular flexibility index (Phi) is 4.39. The molecule has 2 rings (SSSR count). The third-order valence-corrected chi connectivity index (χ3v) is 3.56. The highest BCUT2D eigenvalue weighted by Gasteiger charge is 2.33. The lowest BCUT2D eigenvalue weighted by atomic mass is 9.90. The van der Waals surface area contributed by atoms with E-state index in [0.29, 0.717) is 31.7 Å². The molecular formula is C14H20N2O3. The second-order valence-electron chi connectivity index (χ2n) is 4.97. The molecule has 0 saturated carbocycles. The molecule has 1 heterocycles. The van der Waals surface area contributed by atoms with Gasteiger partial charge in [-0.3, -0.25) is 4.79 Å². The lowest BCUT2D eigenvalue weighted by Crippen LogP contribution is -2.55. The molecule has 104 valence electrons. The number of aliphatic hydroxyl groups is 1. The summed E-state index contributed by atoms with van der Waals surface area (Å²) in [6.45, 7) is 1.06. The molecule has 1 fully saturated rings. The lowest BCUT2D eigenvalue weighted by Gasteiger charge is -2.36. The van der Waals surface area contributed by atoms with Gasteiger partial charge in [-0.05, 0) is 24.5 Å². The predicted molar refractivity (Wildman–Crippen MR) is 72.6 cm³/mol. The third kappa shape index (κ3) is 3.45. The second kappa shape index (κ2) is 6.04. The standard InChI is InChI=1S/C14H20N2O3/c15-12-4-2-1-3-11(12)9-13(18)16-14(10-17)5-7-19-8-6-14/h1-4,17H,5-10,15H2,(H,16,18). The summed E-state index contributed by atoms with van der Waals surface area (Å²) in [5.41, 5.74) is 6.69. The molecular weight excluding hydrogens is 244 g/mol. The van der Waals surface area contributed by atoms with Crippen molar-refractivity contribution in [3.63, 3.8) is 0 Å². The summed E-state index contributed by atoms with van der Waals surface area (Å²) < 4.78 is 5.26. The van der Waals surface area contributed by atoms with E-state index in [-0.39, 0.29) is 18.9 Å². The zero-order valence-corrected chi connectivity index (χ0v) is 10.9. The van der Waals surface area contributed by atoms with Crippen LogP contribution in [0.5, 0.6) is 0 Å². The van der Waals surface area contributed by atoms with Crippen LogP contribution in [0.25, 0.3) is 0 Å². The highest BCUT2D eigenvalue weighted by atomic mass is 16.5. The maximum Gasteiger partial charge on any atom is 0.225 e. The van der Waals surface area contributed by atoms with Crippen molar-refractivity contribution in [1.29, 1.82) is 0 Å². The van der Waals surface area contributed by atoms with Gasteiger partial charge in [-0.15, -0.1) is 0 Å². The molecule has 1 amide bonds. The molecule has 1 aliphatic rings. The number of hydrogen-bond donors (Lipinski definition) is 3. The molecule has 19 heavy (non-hydrogen) atoms. The fourth-order valence-corrected chi connectivity index (χ4v) is 2.29. The minimum absolute atomic E-state index is 0.0631. The average molecular weight is 264 g/mol. The van der Waals surface area contributed by atoms with Gasteiger partial charge in [-0.25, -0.2) is 0 Å². The van der Waals surface area contributed by atoms with Gasteiger partial charge in [-0.2, -0.15) is 0 Å². The first-order valence-electron chi connectivity index (χ1n) is 6.48. The number of nitrogens with one attached hydrogen (secondary N) is 1. The highest BCUT2D eigenvalue weighted by Crippen LogP contribution is 2.20. The first-order valence-corrected chi connectivity index (χ1v) is 6.48. The van der Waals surface area contributed by atoms with Crippen LogP contribution in [0.3, 0.4) is 0 Å². The second-order valence-corrected chi connectivity index (χ2v) is 4.97. The van der Waals surface area contributed by atoms with Crippen molar-refractivity contribution < 1.29 is 14.6 Å². The van der Waals surface area contributed by atoms with E-state index in [0.717, 1.165) is 5.56 Å². The predicted octanol–water partition coefficient (Wildman–Crippen LogP) is 0.469. The summed E-state index contributed by atoms with van der Waals surface area (Å²) >= 11 is 0. The number of hydrogen-bond acceptors (Lipinski definition) is 4. The SMILES string of the molecule is Nc1ccccc1CC(=O)NC1(CO)CCOCC1. The number of carbonyl (C=O) groups excluding carboxylic acids is 1. The van der Waals surface area contributed by atoms with Gasteiger partial charge in [0.05, 0.1) is 18.6 Å². The number of para-hydroxylation sites is 1. The highest BCUT2D eigenvalue weighted by molar-refractivity contribution is 5.81. The monoisotopic (exact) mass is 264 g/mol. The summed E-state index contributed by atoms with van der Waals surface area (Å²) in [5.74, 6) is -0.117. The summed E-state index contributed by atoms with van der Waals surface area (Å²) in [6.07, 6.45) is 1.51. The number of ether oxygens (including phenoxy) is 1. The minimum Gasteiger partial charge on any atom is -0.398 e. The van der Waals surface area contributed by atoms with Crippen LogP contribution >= 0.6 is 0 Å². The molecule has 0 radical (unpaired) electrons. The van der Waals surface area contributed by atoms with Crippen LogP contribution in [0.1, 0.15) is 18.4 Å². The van der Waals surface area contributed by atoms with Crippen molar-refractivity contribution in [2.45, 2.75) is 24.8 Å². The van der Waals surface area contributed by atoms with E-state index in [9.17, 15) is 9.90 Å². The van der Waals surface area contributed by atoms with Crippen molar-refractivity contribution in [2.24, 2.45) is 0 Å². The summed E-state index contributed by atoms with van der Waals surface area (Å²) in [4.78, 5) is 12.1. The van der Waals surface area contributed by atoms with Crippen molar-refractivity contribution in [2.75, 3.05) is 25.6 Å². The molecule has 1 aromatic rings. The Balaban J connectivity index is 1.98. The minimum atomic E-state index is -0.543. The van der Waals surface area contributed by atoms with Crippen LogP contribution in [-0.2, 0) is 16.0 Å². The smallest absolute Gasteiger partial charge is 0.225 e. The van der Waals surface area contributed by atoms with E-state index in [1.165, 1.54) is 0 Å².